The third-order valence-electron chi connectivity index (χ3n) is 10.0. The Bertz CT molecular complexity index is 1540. The van der Waals surface area contributed by atoms with E-state index in [1.807, 2.05) is 87.4 Å². The van der Waals surface area contributed by atoms with Gasteiger partial charge in [-0.1, -0.05) is 420 Å². The van der Waals surface area contributed by atoms with E-state index in [0.29, 0.717) is 0 Å². The lowest BCUT2D eigenvalue weighted by Gasteiger charge is -2.00. The number of unbranched alkanes of at least 4 members (excludes halogenated alkanes) is 15. The van der Waals surface area contributed by atoms with Crippen LogP contribution in [-0.2, 0) is 0 Å². The minimum atomic E-state index is 1.25. The fourth-order valence-electron chi connectivity index (χ4n) is 5.93. The highest BCUT2D eigenvalue weighted by Gasteiger charge is 1.95. The van der Waals surface area contributed by atoms with Crippen molar-refractivity contribution in [3.05, 3.63) is 145 Å². The van der Waals surface area contributed by atoms with Crippen molar-refractivity contribution in [2.45, 2.75) is 294 Å². The van der Waals surface area contributed by atoms with Crippen LogP contribution in [-0.4, -0.2) is 0 Å². The van der Waals surface area contributed by atoms with Crippen molar-refractivity contribution >= 4 is 32.3 Å². The summed E-state index contributed by atoms with van der Waals surface area (Å²) in [6.45, 7) is 48.6. The maximum atomic E-state index is 2.26. The second-order valence-electron chi connectivity index (χ2n) is 16.8. The highest BCUT2D eigenvalue weighted by Crippen LogP contribution is 2.22. The molecule has 6 rings (SSSR count). The van der Waals surface area contributed by atoms with Crippen molar-refractivity contribution in [2.75, 3.05) is 0 Å². The molecule has 0 aliphatic rings. The molecule has 6 aromatic rings. The van der Waals surface area contributed by atoms with Crippen molar-refractivity contribution in [1.29, 1.82) is 0 Å². The van der Waals surface area contributed by atoms with Crippen LogP contribution in [0.1, 0.15) is 293 Å². The van der Waals surface area contributed by atoms with E-state index in [1.54, 1.807) is 0 Å². The molecule has 0 saturated carbocycles. The van der Waals surface area contributed by atoms with E-state index in [0.717, 1.165) is 0 Å². The third kappa shape index (κ3) is 68.1. The monoisotopic (exact) mass is 1020 g/mol. The van der Waals surface area contributed by atoms with Crippen LogP contribution in [0.15, 0.2) is 140 Å². The summed E-state index contributed by atoms with van der Waals surface area (Å²) >= 11 is 0. The number of fused-ring (bicyclic) bond motifs is 3. The minimum absolute atomic E-state index is 1.25. The first kappa shape index (κ1) is 86.8. The molecule has 0 atom stereocenters. The topological polar surface area (TPSA) is 0 Å². The van der Waals surface area contributed by atoms with Crippen LogP contribution in [0.3, 0.4) is 0 Å². The number of benzene rings is 6. The van der Waals surface area contributed by atoms with Crippen molar-refractivity contribution in [3.8, 4) is 0 Å². The Labute approximate surface area is 469 Å². The van der Waals surface area contributed by atoms with Gasteiger partial charge in [-0.15, -0.1) is 0 Å². The van der Waals surface area contributed by atoms with Crippen LogP contribution in [0.2, 0.25) is 0 Å². The number of hydrogen-bond acceptors (Lipinski definition) is 0. The molecule has 74 heavy (non-hydrogen) atoms. The van der Waals surface area contributed by atoms with Gasteiger partial charge in [0.05, 0.1) is 0 Å². The molecule has 0 aromatic heterocycles. The molecule has 0 aliphatic heterocycles. The quantitative estimate of drug-likeness (QED) is 0.0710. The molecule has 0 heterocycles. The van der Waals surface area contributed by atoms with E-state index in [2.05, 4.69) is 211 Å². The fraction of sp³-hybridized carbons (Fsp3) is 0.595. The minimum Gasteiger partial charge on any atom is -0.0683 e. The summed E-state index contributed by atoms with van der Waals surface area (Å²) in [6, 6.07) is 48.4. The predicted molar refractivity (Wildman–Crippen MR) is 358 cm³/mol. The molecular formula is C74H134. The maximum Gasteiger partial charge on any atom is -0.0178 e. The molecule has 6 aromatic carbocycles. The Hall–Kier alpha value is -3.90. The molecule has 0 bridgehead atoms. The van der Waals surface area contributed by atoms with Gasteiger partial charge in [0.15, 0.2) is 0 Å². The van der Waals surface area contributed by atoms with Crippen LogP contribution in [0.5, 0.6) is 0 Å². The lowest BCUT2D eigenvalue weighted by Crippen LogP contribution is -1.74. The Morgan fingerprint density at radius 3 is 0.541 bits per heavy atom. The van der Waals surface area contributed by atoms with Gasteiger partial charge in [0.1, 0.15) is 0 Å². The van der Waals surface area contributed by atoms with Gasteiger partial charge in [-0.2, -0.15) is 0 Å². The number of hydrogen-bond donors (Lipinski definition) is 0. The van der Waals surface area contributed by atoms with E-state index in [4.69, 9.17) is 0 Å². The normalized spacial score (nSPS) is 8.53. The van der Waals surface area contributed by atoms with E-state index < -0.39 is 0 Å². The zero-order valence-corrected chi connectivity index (χ0v) is 54.6. The summed E-state index contributed by atoms with van der Waals surface area (Å²) in [4.78, 5) is 0. The van der Waals surface area contributed by atoms with Crippen molar-refractivity contribution in [2.24, 2.45) is 0 Å². The van der Waals surface area contributed by atoms with E-state index in [-0.39, 0.29) is 0 Å². The third-order valence-corrected chi connectivity index (χ3v) is 10.0. The standard InChI is InChI=1S/C14H10.C10H8.C8H18.C7H8.C7H16.C6H14.C5H12.C4H10.C3H8.5C2H6/c1-2-6-12-10-14-8-4-3-7-13(14)9-11(12)5-1;1-2-6-10-8-4-3-7-9(10)5-1;1-3-5-7-8-6-4-2;1-7-5-3-2-4-6-7;1-3-5-7-6-4-2;1-3-5-6-4-2;1-3-5-4-2;1-3-4-2;1-3-2;5*1-2/h1-10H;1-8H;3-8H2,1-2H3;2-6H,1H3;3-7H2,1-2H3;3-6H2,1-2H3;3-5H2,1-2H3;3-4H2,1-2H3;3H2,1-2H3;5*1-2H3. The first-order valence-electron chi connectivity index (χ1n) is 31.6. The largest absolute Gasteiger partial charge is 0.0683 e. The molecule has 0 saturated heterocycles. The van der Waals surface area contributed by atoms with Gasteiger partial charge < -0.3 is 0 Å². The molecule has 0 N–H and O–H groups in total. The van der Waals surface area contributed by atoms with E-state index in [9.17, 15) is 0 Å². The lowest BCUT2D eigenvalue weighted by atomic mass is 10.0. The zero-order valence-electron chi connectivity index (χ0n) is 54.6. The van der Waals surface area contributed by atoms with Gasteiger partial charge in [0, 0.05) is 0 Å². The summed E-state index contributed by atoms with van der Waals surface area (Å²) in [5, 5.41) is 7.87. The SMILES string of the molecule is CC.CC.CC.CC.CC.CCC.CCCC.CCCCC.CCCCCC.CCCCCCC.CCCCCCCC.Cc1ccccc1.c1ccc2cc3ccccc3cc2c1.c1ccc2ccccc2c1. The Morgan fingerprint density at radius 2 is 0.378 bits per heavy atom. The summed E-state index contributed by atoms with van der Waals surface area (Å²) in [5.74, 6) is 0. The highest BCUT2D eigenvalue weighted by molar-refractivity contribution is 5.98. The van der Waals surface area contributed by atoms with Gasteiger partial charge in [0.2, 0.25) is 0 Å². The van der Waals surface area contributed by atoms with E-state index >= 15 is 0 Å². The Kier molecular flexibility index (Phi) is 101. The average molecular weight is 1020 g/mol. The maximum absolute atomic E-state index is 2.26. The van der Waals surface area contributed by atoms with Gasteiger partial charge in [-0.05, 0) is 51.4 Å². The predicted octanol–water partition coefficient (Wildman–Crippen LogP) is 28.3. The van der Waals surface area contributed by atoms with Crippen LogP contribution >= 0.6 is 0 Å². The van der Waals surface area contributed by atoms with Crippen molar-refractivity contribution < 1.29 is 0 Å². The molecular weight excluding hydrogens is 889 g/mol. The molecule has 0 radical (unpaired) electrons. The Morgan fingerprint density at radius 1 is 0.203 bits per heavy atom. The molecule has 0 amide bonds. The molecule has 0 nitrogen and oxygen atoms in total. The lowest BCUT2D eigenvalue weighted by molar-refractivity contribution is 0.624. The second-order valence-corrected chi connectivity index (χ2v) is 16.8. The molecule has 0 fully saturated rings. The number of aryl methyl sites for hydroxylation is 1. The molecule has 430 valence electrons. The molecule has 0 spiro atoms. The van der Waals surface area contributed by atoms with Gasteiger partial charge in [-0.3, -0.25) is 0 Å². The second kappa shape index (κ2) is 85.8. The Balaban J connectivity index is -0.000000111. The highest BCUT2D eigenvalue weighted by atomic mass is 14.0. The van der Waals surface area contributed by atoms with E-state index in [1.165, 1.54) is 173 Å². The number of rotatable bonds is 15. The fourth-order valence-corrected chi connectivity index (χ4v) is 5.93. The van der Waals surface area contributed by atoms with Crippen molar-refractivity contribution in [1.82, 2.24) is 0 Å². The average Bonchev–Trinajstić information content (AvgIpc) is 3.47. The first-order chi connectivity index (χ1) is 36.3. The summed E-state index contributed by atoms with van der Waals surface area (Å²) in [6.07, 6.45) is 29.0. The molecule has 0 heteroatoms. The smallest absolute Gasteiger partial charge is 0.0178 e. The van der Waals surface area contributed by atoms with Gasteiger partial charge in [0.25, 0.3) is 0 Å². The molecule has 0 unspecified atom stereocenters. The molecule has 0 aliphatic carbocycles. The van der Waals surface area contributed by atoms with Crippen LogP contribution in [0, 0.1) is 6.92 Å². The summed E-state index contributed by atoms with van der Waals surface area (Å²) < 4.78 is 0. The van der Waals surface area contributed by atoms with Gasteiger partial charge in [-0.25, -0.2) is 0 Å². The van der Waals surface area contributed by atoms with Crippen LogP contribution in [0.4, 0.5) is 0 Å². The first-order valence-corrected chi connectivity index (χ1v) is 31.6. The summed E-state index contributed by atoms with van der Waals surface area (Å²) in [5.41, 5.74) is 1.32. The zero-order chi connectivity index (χ0) is 58.2. The summed E-state index contributed by atoms with van der Waals surface area (Å²) in [7, 11) is 0. The van der Waals surface area contributed by atoms with Crippen LogP contribution < -0.4 is 0 Å². The van der Waals surface area contributed by atoms with Crippen LogP contribution in [0.25, 0.3) is 32.3 Å². The van der Waals surface area contributed by atoms with Gasteiger partial charge >= 0.3 is 0 Å². The van der Waals surface area contributed by atoms with Crippen molar-refractivity contribution in [3.63, 3.8) is 0 Å².